The Bertz CT molecular complexity index is 178. The topological polar surface area (TPSA) is 46.5 Å². The Morgan fingerprint density at radius 3 is 2.22 bits per heavy atom. The van der Waals surface area contributed by atoms with E-state index in [1.165, 1.54) is 19.8 Å². The minimum Gasteiger partial charge on any atom is -0.466 e. The predicted octanol–water partition coefficient (Wildman–Crippen LogP) is 3.50. The molecule has 18 heavy (non-hydrogen) atoms. The Balaban J connectivity index is 0. The van der Waals surface area contributed by atoms with Crippen LogP contribution in [0, 0.1) is 5.92 Å². The molecule has 0 aliphatic heterocycles. The summed E-state index contributed by atoms with van der Waals surface area (Å²) in [5.74, 6) is 0.431. The molecule has 1 atom stereocenters. The molecule has 3 nitrogen and oxygen atoms in total. The Kier molecular flexibility index (Phi) is 16.6. The molecule has 4 heteroatoms. The van der Waals surface area contributed by atoms with Crippen LogP contribution in [0.5, 0.6) is 0 Å². The van der Waals surface area contributed by atoms with Crippen molar-refractivity contribution in [3.8, 4) is 0 Å². The van der Waals surface area contributed by atoms with Gasteiger partial charge in [0, 0.05) is 18.8 Å². The van der Waals surface area contributed by atoms with Gasteiger partial charge in [0.15, 0.2) is 0 Å². The van der Waals surface area contributed by atoms with E-state index in [-0.39, 0.29) is 5.97 Å². The molecule has 0 saturated heterocycles. The van der Waals surface area contributed by atoms with Crippen LogP contribution in [0.15, 0.2) is 0 Å². The predicted molar refractivity (Wildman–Crippen MR) is 80.0 cm³/mol. The van der Waals surface area contributed by atoms with E-state index in [0.29, 0.717) is 24.4 Å². The van der Waals surface area contributed by atoms with E-state index in [1.54, 1.807) is 0 Å². The number of aliphatic hydroxyl groups is 1. The summed E-state index contributed by atoms with van der Waals surface area (Å²) in [6.07, 6.45) is 6.48. The van der Waals surface area contributed by atoms with Crippen LogP contribution in [0.4, 0.5) is 0 Å². The van der Waals surface area contributed by atoms with Crippen molar-refractivity contribution >= 4 is 17.7 Å². The number of thioether (sulfide) groups is 1. The van der Waals surface area contributed by atoms with Crippen LogP contribution in [-0.2, 0) is 9.53 Å². The highest BCUT2D eigenvalue weighted by molar-refractivity contribution is 7.99. The molecule has 0 heterocycles. The molecule has 0 aromatic rings. The molecule has 110 valence electrons. The smallest absolute Gasteiger partial charge is 0.302 e. The number of carbonyl (C=O) groups excluding carboxylic acids is 1. The maximum absolute atomic E-state index is 10.2. The molecule has 0 aromatic heterocycles. The van der Waals surface area contributed by atoms with Gasteiger partial charge in [0.25, 0.3) is 0 Å². The zero-order valence-corrected chi connectivity index (χ0v) is 13.4. The van der Waals surface area contributed by atoms with E-state index in [1.807, 2.05) is 11.8 Å². The number of hydrogen-bond acceptors (Lipinski definition) is 4. The number of rotatable bonds is 8. The van der Waals surface area contributed by atoms with Gasteiger partial charge in [-0.3, -0.25) is 4.79 Å². The first-order valence-electron chi connectivity index (χ1n) is 6.74. The van der Waals surface area contributed by atoms with Gasteiger partial charge in [-0.15, -0.1) is 0 Å². The van der Waals surface area contributed by atoms with E-state index in [2.05, 4.69) is 27.0 Å². The number of carbonyl (C=O) groups is 1. The molecule has 1 N–H and O–H groups in total. The summed E-state index contributed by atoms with van der Waals surface area (Å²) in [5, 5.41) is 9.26. The van der Waals surface area contributed by atoms with Crippen LogP contribution in [0.1, 0.15) is 53.4 Å². The lowest BCUT2D eigenvalue weighted by Gasteiger charge is -2.09. The standard InChI is InChI=1S/C7H14O2.C7H16OS/c1-6(2)4-5-9-7(3)8;1-3-4-7(9-2)5-6-8/h6H,4-5H2,1-3H3;7-8H,3-6H2,1-2H3. The van der Waals surface area contributed by atoms with E-state index < -0.39 is 0 Å². The largest absolute Gasteiger partial charge is 0.466 e. The zero-order valence-electron chi connectivity index (χ0n) is 12.6. The quantitative estimate of drug-likeness (QED) is 0.690. The molecule has 0 radical (unpaired) electrons. The molecule has 0 bridgehead atoms. The van der Waals surface area contributed by atoms with Gasteiger partial charge >= 0.3 is 5.97 Å². The van der Waals surface area contributed by atoms with E-state index in [4.69, 9.17) is 9.84 Å². The Labute approximate surface area is 117 Å². The lowest BCUT2D eigenvalue weighted by Crippen LogP contribution is -2.03. The van der Waals surface area contributed by atoms with Crippen LogP contribution in [0.25, 0.3) is 0 Å². The van der Waals surface area contributed by atoms with Gasteiger partial charge < -0.3 is 9.84 Å². The SMILES string of the molecule is CC(=O)OCCC(C)C.CCCC(CCO)SC. The molecule has 0 saturated carbocycles. The minimum absolute atomic E-state index is 0.185. The molecule has 1 unspecified atom stereocenters. The summed E-state index contributed by atoms with van der Waals surface area (Å²) < 4.78 is 4.71. The average molecular weight is 278 g/mol. The van der Waals surface area contributed by atoms with Crippen LogP contribution in [-0.4, -0.2) is 35.8 Å². The van der Waals surface area contributed by atoms with Gasteiger partial charge in [-0.25, -0.2) is 0 Å². The van der Waals surface area contributed by atoms with Gasteiger partial charge in [-0.05, 0) is 31.4 Å². The first-order chi connectivity index (χ1) is 8.47. The van der Waals surface area contributed by atoms with Gasteiger partial charge in [-0.1, -0.05) is 27.2 Å². The monoisotopic (exact) mass is 278 g/mol. The molecule has 0 aliphatic carbocycles. The highest BCUT2D eigenvalue weighted by Crippen LogP contribution is 2.15. The van der Waals surface area contributed by atoms with Crippen molar-refractivity contribution in [3.63, 3.8) is 0 Å². The maximum atomic E-state index is 10.2. The number of ether oxygens (including phenoxy) is 1. The first-order valence-corrected chi connectivity index (χ1v) is 8.03. The van der Waals surface area contributed by atoms with Crippen molar-refractivity contribution < 1.29 is 14.6 Å². The van der Waals surface area contributed by atoms with Gasteiger partial charge in [-0.2, -0.15) is 11.8 Å². The second-order valence-corrected chi connectivity index (χ2v) is 5.82. The van der Waals surface area contributed by atoms with E-state index >= 15 is 0 Å². The van der Waals surface area contributed by atoms with Crippen molar-refractivity contribution in [2.45, 2.75) is 58.6 Å². The molecule has 0 spiro atoms. The Hall–Kier alpha value is -0.220. The average Bonchev–Trinajstić information content (AvgIpc) is 2.28. The fourth-order valence-corrected chi connectivity index (χ4v) is 2.10. The highest BCUT2D eigenvalue weighted by Gasteiger charge is 2.02. The Morgan fingerprint density at radius 1 is 1.28 bits per heavy atom. The van der Waals surface area contributed by atoms with Crippen molar-refractivity contribution in [2.24, 2.45) is 5.92 Å². The molecule has 0 aliphatic rings. The number of hydrogen-bond donors (Lipinski definition) is 1. The first kappa shape index (κ1) is 20.1. The maximum Gasteiger partial charge on any atom is 0.302 e. The fraction of sp³-hybridized carbons (Fsp3) is 0.929. The number of aliphatic hydroxyl groups excluding tert-OH is 1. The summed E-state index contributed by atoms with van der Waals surface area (Å²) in [6, 6.07) is 0. The van der Waals surface area contributed by atoms with Gasteiger partial charge in [0.2, 0.25) is 0 Å². The van der Waals surface area contributed by atoms with Crippen LogP contribution >= 0.6 is 11.8 Å². The van der Waals surface area contributed by atoms with Crippen molar-refractivity contribution in [3.05, 3.63) is 0 Å². The second kappa shape index (κ2) is 14.8. The highest BCUT2D eigenvalue weighted by atomic mass is 32.2. The van der Waals surface area contributed by atoms with Gasteiger partial charge in [0.05, 0.1) is 6.61 Å². The minimum atomic E-state index is -0.185. The lowest BCUT2D eigenvalue weighted by molar-refractivity contribution is -0.141. The third-order valence-corrected chi connectivity index (χ3v) is 3.53. The summed E-state index contributed by atoms with van der Waals surface area (Å²) in [4.78, 5) is 10.2. The summed E-state index contributed by atoms with van der Waals surface area (Å²) >= 11 is 1.86. The van der Waals surface area contributed by atoms with Crippen molar-refractivity contribution in [2.75, 3.05) is 19.5 Å². The van der Waals surface area contributed by atoms with Crippen molar-refractivity contribution in [1.82, 2.24) is 0 Å². The van der Waals surface area contributed by atoms with Crippen LogP contribution in [0.3, 0.4) is 0 Å². The van der Waals surface area contributed by atoms with Crippen LogP contribution < -0.4 is 0 Å². The third-order valence-electron chi connectivity index (χ3n) is 2.40. The fourth-order valence-electron chi connectivity index (χ4n) is 1.28. The molecular weight excluding hydrogens is 248 g/mol. The Morgan fingerprint density at radius 2 is 1.89 bits per heavy atom. The van der Waals surface area contributed by atoms with Crippen molar-refractivity contribution in [1.29, 1.82) is 0 Å². The van der Waals surface area contributed by atoms with E-state index in [9.17, 15) is 4.79 Å². The second-order valence-electron chi connectivity index (χ2n) is 4.68. The third kappa shape index (κ3) is 18.2. The van der Waals surface area contributed by atoms with E-state index in [0.717, 1.165) is 12.8 Å². The summed E-state index contributed by atoms with van der Waals surface area (Å²) in [7, 11) is 0. The van der Waals surface area contributed by atoms with Gasteiger partial charge in [0.1, 0.15) is 0 Å². The molecular formula is C14H30O3S. The molecule has 0 amide bonds. The lowest BCUT2D eigenvalue weighted by atomic mass is 10.1. The number of esters is 1. The summed E-state index contributed by atoms with van der Waals surface area (Å²) in [6.45, 7) is 8.71. The molecule has 0 fully saturated rings. The van der Waals surface area contributed by atoms with Crippen LogP contribution in [0.2, 0.25) is 0 Å². The molecule has 0 rings (SSSR count). The molecule has 0 aromatic carbocycles. The zero-order chi connectivity index (χ0) is 14.4. The normalized spacial score (nSPS) is 11.7. The summed E-state index contributed by atoms with van der Waals surface area (Å²) in [5.41, 5.74) is 0.